The molecule has 0 amide bonds. The van der Waals surface area contributed by atoms with Crippen molar-refractivity contribution in [3.8, 4) is 0 Å². The first kappa shape index (κ1) is 14.5. The Bertz CT molecular complexity index is 478. The lowest BCUT2D eigenvalue weighted by Gasteiger charge is -2.32. The van der Waals surface area contributed by atoms with Gasteiger partial charge in [-0.3, -0.25) is 0 Å². The van der Waals surface area contributed by atoms with E-state index in [1.165, 1.54) is 31.2 Å². The third kappa shape index (κ3) is 3.09. The molecule has 0 heterocycles. The molecule has 0 aromatic heterocycles. The maximum absolute atomic E-state index is 13.4. The highest BCUT2D eigenvalue weighted by atomic mass is 79.9. The predicted octanol–water partition coefficient (Wildman–Crippen LogP) is 4.55. The van der Waals surface area contributed by atoms with Crippen LogP contribution in [0.2, 0.25) is 0 Å². The molecule has 2 unspecified atom stereocenters. The van der Waals surface area contributed by atoms with E-state index in [0.717, 1.165) is 31.3 Å². The molecule has 3 heteroatoms. The number of rotatable bonds is 6. The molecule has 1 N–H and O–H groups in total. The molecular formula is C17H23BrFN. The maximum atomic E-state index is 13.4. The van der Waals surface area contributed by atoms with Crippen LogP contribution in [0.1, 0.15) is 38.2 Å². The summed E-state index contributed by atoms with van der Waals surface area (Å²) in [5.41, 5.74) is 1.66. The fourth-order valence-electron chi connectivity index (χ4n) is 3.97. The van der Waals surface area contributed by atoms with E-state index in [1.54, 1.807) is 6.07 Å². The molecule has 110 valence electrons. The van der Waals surface area contributed by atoms with Crippen molar-refractivity contribution >= 4 is 15.9 Å². The second-order valence-corrected chi connectivity index (χ2v) is 7.62. The summed E-state index contributed by atoms with van der Waals surface area (Å²) in [6.45, 7) is 4.43. The summed E-state index contributed by atoms with van der Waals surface area (Å²) < 4.78 is 14.0. The van der Waals surface area contributed by atoms with Crippen molar-refractivity contribution in [1.82, 2.24) is 5.32 Å². The van der Waals surface area contributed by atoms with Crippen LogP contribution in [0.5, 0.6) is 0 Å². The van der Waals surface area contributed by atoms with Crippen molar-refractivity contribution in [3.05, 3.63) is 34.1 Å². The van der Waals surface area contributed by atoms with Gasteiger partial charge in [0.25, 0.3) is 0 Å². The Hall–Kier alpha value is -0.410. The maximum Gasteiger partial charge on any atom is 0.137 e. The fraction of sp³-hybridized carbons (Fsp3) is 0.647. The molecule has 1 aromatic rings. The van der Waals surface area contributed by atoms with Gasteiger partial charge in [-0.1, -0.05) is 13.0 Å². The van der Waals surface area contributed by atoms with Crippen LogP contribution in [-0.4, -0.2) is 13.1 Å². The highest BCUT2D eigenvalue weighted by molar-refractivity contribution is 9.10. The Morgan fingerprint density at radius 2 is 2.10 bits per heavy atom. The van der Waals surface area contributed by atoms with E-state index in [4.69, 9.17) is 0 Å². The average Bonchev–Trinajstić information content (AvgIpc) is 3.03. The smallest absolute Gasteiger partial charge is 0.137 e. The Morgan fingerprint density at radius 3 is 2.75 bits per heavy atom. The molecule has 0 bridgehead atoms. The largest absolute Gasteiger partial charge is 0.316 e. The van der Waals surface area contributed by atoms with Crippen molar-refractivity contribution in [2.45, 2.75) is 39.0 Å². The van der Waals surface area contributed by atoms with Crippen LogP contribution in [0.3, 0.4) is 0 Å². The molecule has 3 rings (SSSR count). The molecule has 2 aliphatic rings. The van der Waals surface area contributed by atoms with Gasteiger partial charge in [-0.2, -0.15) is 0 Å². The Balaban J connectivity index is 1.71. The molecule has 2 aliphatic carbocycles. The summed E-state index contributed by atoms with van der Waals surface area (Å²) in [6.07, 6.45) is 6.41. The molecule has 2 saturated carbocycles. The minimum atomic E-state index is -0.166. The van der Waals surface area contributed by atoms with Gasteiger partial charge in [0.1, 0.15) is 5.82 Å². The lowest BCUT2D eigenvalue weighted by molar-refractivity contribution is 0.249. The zero-order chi connectivity index (χ0) is 14.2. The van der Waals surface area contributed by atoms with Gasteiger partial charge in [0.2, 0.25) is 0 Å². The standard InChI is InChI=1S/C17H23BrFN/c1-2-5-20-11-17(9-13-7-14(13)10-17)8-12-3-4-16(19)15(18)6-12/h3-4,6,13-14,20H,2,5,7-11H2,1H3. The topological polar surface area (TPSA) is 12.0 Å². The lowest BCUT2D eigenvalue weighted by atomic mass is 9.77. The number of nitrogens with one attached hydrogen (secondary N) is 1. The second kappa shape index (κ2) is 5.76. The summed E-state index contributed by atoms with van der Waals surface area (Å²) in [6, 6.07) is 5.49. The highest BCUT2D eigenvalue weighted by Crippen LogP contribution is 2.60. The van der Waals surface area contributed by atoms with Gasteiger partial charge < -0.3 is 5.32 Å². The number of halogens is 2. The zero-order valence-corrected chi connectivity index (χ0v) is 13.7. The van der Waals surface area contributed by atoms with Gasteiger partial charge in [0.15, 0.2) is 0 Å². The molecule has 2 atom stereocenters. The van der Waals surface area contributed by atoms with Crippen LogP contribution >= 0.6 is 15.9 Å². The van der Waals surface area contributed by atoms with E-state index >= 15 is 0 Å². The SMILES string of the molecule is CCCNCC1(Cc2ccc(F)c(Br)c2)CC2CC2C1. The lowest BCUT2D eigenvalue weighted by Crippen LogP contribution is -2.35. The fourth-order valence-corrected chi connectivity index (χ4v) is 4.40. The van der Waals surface area contributed by atoms with Crippen molar-refractivity contribution in [3.63, 3.8) is 0 Å². The molecule has 0 aliphatic heterocycles. The summed E-state index contributed by atoms with van der Waals surface area (Å²) in [4.78, 5) is 0. The Labute approximate surface area is 129 Å². The van der Waals surface area contributed by atoms with Gasteiger partial charge in [0, 0.05) is 6.54 Å². The molecular weight excluding hydrogens is 317 g/mol. The van der Waals surface area contributed by atoms with Gasteiger partial charge in [-0.15, -0.1) is 0 Å². The second-order valence-electron chi connectivity index (χ2n) is 6.77. The molecule has 0 spiro atoms. The monoisotopic (exact) mass is 339 g/mol. The number of hydrogen-bond acceptors (Lipinski definition) is 1. The number of fused-ring (bicyclic) bond motifs is 1. The van der Waals surface area contributed by atoms with E-state index in [1.807, 2.05) is 12.1 Å². The van der Waals surface area contributed by atoms with Gasteiger partial charge in [0.05, 0.1) is 4.47 Å². The van der Waals surface area contributed by atoms with Gasteiger partial charge >= 0.3 is 0 Å². The van der Waals surface area contributed by atoms with Crippen LogP contribution in [0.25, 0.3) is 0 Å². The Kier molecular flexibility index (Phi) is 4.19. The first-order chi connectivity index (χ1) is 9.62. The summed E-state index contributed by atoms with van der Waals surface area (Å²) in [5.74, 6) is 1.78. The first-order valence-corrected chi connectivity index (χ1v) is 8.56. The number of benzene rings is 1. The van der Waals surface area contributed by atoms with Crippen molar-refractivity contribution in [2.75, 3.05) is 13.1 Å². The molecule has 2 fully saturated rings. The molecule has 0 radical (unpaired) electrons. The molecule has 0 saturated heterocycles. The minimum absolute atomic E-state index is 0.166. The first-order valence-electron chi connectivity index (χ1n) is 7.76. The number of hydrogen-bond donors (Lipinski definition) is 1. The van der Waals surface area contributed by atoms with Crippen LogP contribution in [0, 0.1) is 23.1 Å². The van der Waals surface area contributed by atoms with E-state index < -0.39 is 0 Å². The van der Waals surface area contributed by atoms with Crippen LogP contribution in [0.15, 0.2) is 22.7 Å². The summed E-state index contributed by atoms with van der Waals surface area (Å²) in [7, 11) is 0. The summed E-state index contributed by atoms with van der Waals surface area (Å²) in [5, 5.41) is 3.62. The van der Waals surface area contributed by atoms with Gasteiger partial charge in [-0.25, -0.2) is 4.39 Å². The highest BCUT2D eigenvalue weighted by Gasteiger charge is 2.53. The summed E-state index contributed by atoms with van der Waals surface area (Å²) >= 11 is 3.31. The van der Waals surface area contributed by atoms with Crippen LogP contribution in [-0.2, 0) is 6.42 Å². The molecule has 1 nitrogen and oxygen atoms in total. The normalized spacial score (nSPS) is 31.4. The van der Waals surface area contributed by atoms with E-state index in [9.17, 15) is 4.39 Å². The average molecular weight is 340 g/mol. The molecule has 20 heavy (non-hydrogen) atoms. The minimum Gasteiger partial charge on any atom is -0.316 e. The zero-order valence-electron chi connectivity index (χ0n) is 12.1. The van der Waals surface area contributed by atoms with Crippen molar-refractivity contribution in [2.24, 2.45) is 17.3 Å². The third-order valence-electron chi connectivity index (χ3n) is 4.95. The predicted molar refractivity (Wildman–Crippen MR) is 84.2 cm³/mol. The van der Waals surface area contributed by atoms with Crippen molar-refractivity contribution in [1.29, 1.82) is 0 Å². The Morgan fingerprint density at radius 1 is 1.35 bits per heavy atom. The van der Waals surface area contributed by atoms with Crippen LogP contribution < -0.4 is 5.32 Å². The van der Waals surface area contributed by atoms with E-state index in [2.05, 4.69) is 28.2 Å². The van der Waals surface area contributed by atoms with E-state index in [-0.39, 0.29) is 5.82 Å². The molecule has 1 aromatic carbocycles. The van der Waals surface area contributed by atoms with Gasteiger partial charge in [-0.05, 0) is 89.5 Å². The van der Waals surface area contributed by atoms with Crippen LogP contribution in [0.4, 0.5) is 4.39 Å². The third-order valence-corrected chi connectivity index (χ3v) is 5.56. The van der Waals surface area contributed by atoms with Crippen molar-refractivity contribution < 1.29 is 4.39 Å². The quantitative estimate of drug-likeness (QED) is 0.750. The van der Waals surface area contributed by atoms with E-state index in [0.29, 0.717) is 9.89 Å².